The van der Waals surface area contributed by atoms with Gasteiger partial charge in [-0.2, -0.15) is 0 Å². The molecule has 0 radical (unpaired) electrons. The smallest absolute Gasteiger partial charge is 0.462 e. The number of phosphoric acid groups is 2. The quantitative estimate of drug-likeness (QED) is 0.0222. The molecule has 106 heavy (non-hydrogen) atoms. The van der Waals surface area contributed by atoms with Crippen molar-refractivity contribution in [2.24, 2.45) is 5.92 Å². The van der Waals surface area contributed by atoms with Crippen molar-refractivity contribution in [1.29, 1.82) is 0 Å². The molecule has 0 saturated heterocycles. The lowest BCUT2D eigenvalue weighted by molar-refractivity contribution is -0.161. The standard InChI is InChI=1S/C87H170O17P2/c1-6-9-12-15-18-21-24-27-30-33-35-37-39-41-44-47-50-53-56-63-68-72-86(91)103-82(76-97-84(89)70-65-60-54-51-48-45-43-40-38-36-34-31-28-25-22-19-16-13-10-7-2)78-101-105(93,94)99-74-81(88)75-100-106(95,96)102-79-83(77-98-85(90)71-66-61-58-57-59-64-69-80(4)5)104-87(92)73-67-62-55-52-49-46-42-32-29-26-23-20-17-14-11-8-3/h80-83,88H,6-79H2,1-5H3,(H,93,94)(H,95,96)/t81-,82-,83-/m1/s1. The number of rotatable bonds is 87. The number of ether oxygens (including phenoxy) is 4. The minimum absolute atomic E-state index is 0.108. The molecular weight excluding hydrogens is 1380 g/mol. The van der Waals surface area contributed by atoms with Gasteiger partial charge in [0.25, 0.3) is 0 Å². The molecule has 0 spiro atoms. The van der Waals surface area contributed by atoms with Crippen LogP contribution in [0.1, 0.15) is 471 Å². The predicted molar refractivity (Wildman–Crippen MR) is 437 cm³/mol. The topological polar surface area (TPSA) is 237 Å². The fourth-order valence-electron chi connectivity index (χ4n) is 13.6. The first-order chi connectivity index (χ1) is 51.5. The highest BCUT2D eigenvalue weighted by Gasteiger charge is 2.30. The number of unbranched alkanes of at least 4 members (excludes halogenated alkanes) is 59. The molecule has 0 aliphatic carbocycles. The van der Waals surface area contributed by atoms with E-state index in [0.29, 0.717) is 31.6 Å². The van der Waals surface area contributed by atoms with E-state index in [0.717, 1.165) is 96.3 Å². The van der Waals surface area contributed by atoms with E-state index >= 15 is 0 Å². The summed E-state index contributed by atoms with van der Waals surface area (Å²) in [6.45, 7) is 7.29. The first-order valence-corrected chi connectivity index (χ1v) is 48.1. The fraction of sp³-hybridized carbons (Fsp3) is 0.954. The molecule has 0 heterocycles. The van der Waals surface area contributed by atoms with Crippen LogP contribution in [0.5, 0.6) is 0 Å². The molecule has 0 rings (SSSR count). The van der Waals surface area contributed by atoms with Gasteiger partial charge in [-0.15, -0.1) is 0 Å². The van der Waals surface area contributed by atoms with Crippen LogP contribution in [0.25, 0.3) is 0 Å². The van der Waals surface area contributed by atoms with Crippen LogP contribution in [-0.2, 0) is 65.4 Å². The minimum Gasteiger partial charge on any atom is -0.462 e. The predicted octanol–water partition coefficient (Wildman–Crippen LogP) is 26.8. The summed E-state index contributed by atoms with van der Waals surface area (Å²) in [6.07, 6.45) is 73.9. The van der Waals surface area contributed by atoms with E-state index in [1.807, 2.05) is 0 Å². The van der Waals surface area contributed by atoms with Gasteiger partial charge in [-0.05, 0) is 31.6 Å². The van der Waals surface area contributed by atoms with Crippen LogP contribution in [0.15, 0.2) is 0 Å². The third-order valence-electron chi connectivity index (χ3n) is 20.5. The normalized spacial score (nSPS) is 13.7. The zero-order valence-corrected chi connectivity index (χ0v) is 71.4. The van der Waals surface area contributed by atoms with Crippen molar-refractivity contribution in [2.45, 2.75) is 490 Å². The maximum absolute atomic E-state index is 13.2. The average Bonchev–Trinajstić information content (AvgIpc) is 0.909. The Balaban J connectivity index is 5.20. The molecule has 2 unspecified atom stereocenters. The van der Waals surface area contributed by atoms with E-state index in [9.17, 15) is 43.2 Å². The van der Waals surface area contributed by atoms with Crippen LogP contribution in [0.2, 0.25) is 0 Å². The summed E-state index contributed by atoms with van der Waals surface area (Å²) in [5.74, 6) is -1.42. The Hall–Kier alpha value is -1.94. The number of carbonyl (C=O) groups is 4. The van der Waals surface area contributed by atoms with Crippen LogP contribution in [0.3, 0.4) is 0 Å². The van der Waals surface area contributed by atoms with Gasteiger partial charge in [0, 0.05) is 25.7 Å². The van der Waals surface area contributed by atoms with E-state index in [1.54, 1.807) is 0 Å². The molecule has 630 valence electrons. The molecule has 5 atom stereocenters. The van der Waals surface area contributed by atoms with Crippen LogP contribution in [0, 0.1) is 5.92 Å². The number of aliphatic hydroxyl groups excluding tert-OH is 1. The van der Waals surface area contributed by atoms with Gasteiger partial charge in [-0.3, -0.25) is 37.3 Å². The molecule has 0 amide bonds. The van der Waals surface area contributed by atoms with Crippen LogP contribution < -0.4 is 0 Å². The monoisotopic (exact) mass is 1550 g/mol. The average molecular weight is 1550 g/mol. The second kappa shape index (κ2) is 79.7. The molecular formula is C87H170O17P2. The number of aliphatic hydroxyl groups is 1. The third-order valence-corrected chi connectivity index (χ3v) is 22.4. The Morgan fingerprint density at radius 1 is 0.255 bits per heavy atom. The summed E-state index contributed by atoms with van der Waals surface area (Å²) in [5, 5.41) is 10.7. The van der Waals surface area contributed by atoms with E-state index in [2.05, 4.69) is 34.6 Å². The zero-order chi connectivity index (χ0) is 77.6. The van der Waals surface area contributed by atoms with Crippen molar-refractivity contribution in [3.05, 3.63) is 0 Å². The van der Waals surface area contributed by atoms with Crippen molar-refractivity contribution >= 4 is 39.5 Å². The number of hydrogen-bond acceptors (Lipinski definition) is 15. The van der Waals surface area contributed by atoms with Crippen molar-refractivity contribution in [1.82, 2.24) is 0 Å². The molecule has 0 aromatic rings. The van der Waals surface area contributed by atoms with Gasteiger partial charge in [0.2, 0.25) is 0 Å². The van der Waals surface area contributed by atoms with E-state index in [-0.39, 0.29) is 25.7 Å². The fourth-order valence-corrected chi connectivity index (χ4v) is 15.2. The van der Waals surface area contributed by atoms with Gasteiger partial charge >= 0.3 is 39.5 Å². The molecule has 0 aromatic heterocycles. The summed E-state index contributed by atoms with van der Waals surface area (Å²) in [5.41, 5.74) is 0. The first kappa shape index (κ1) is 104. The largest absolute Gasteiger partial charge is 0.472 e. The molecule has 0 aliphatic heterocycles. The number of carbonyl (C=O) groups excluding carboxylic acids is 4. The highest BCUT2D eigenvalue weighted by molar-refractivity contribution is 7.47. The second-order valence-corrected chi connectivity index (χ2v) is 34.7. The highest BCUT2D eigenvalue weighted by Crippen LogP contribution is 2.45. The summed E-state index contributed by atoms with van der Waals surface area (Å²) in [7, 11) is -9.93. The van der Waals surface area contributed by atoms with Gasteiger partial charge < -0.3 is 33.8 Å². The van der Waals surface area contributed by atoms with Gasteiger partial charge in [-0.1, -0.05) is 420 Å². The maximum Gasteiger partial charge on any atom is 0.472 e. The van der Waals surface area contributed by atoms with Gasteiger partial charge in [0.05, 0.1) is 26.4 Å². The molecule has 0 bridgehead atoms. The lowest BCUT2D eigenvalue weighted by Gasteiger charge is -2.21. The second-order valence-electron chi connectivity index (χ2n) is 31.8. The Labute approximate surface area is 651 Å². The van der Waals surface area contributed by atoms with Crippen LogP contribution in [-0.4, -0.2) is 96.7 Å². The Morgan fingerprint density at radius 3 is 0.642 bits per heavy atom. The van der Waals surface area contributed by atoms with Gasteiger partial charge in [-0.25, -0.2) is 9.13 Å². The SMILES string of the molecule is CCCCCCCCCCCCCCCCCCCCCCCC(=O)O[C@H](COC(=O)CCCCCCCCCCCCCCCCCCCCCC)COP(=O)(O)OC[C@@H](O)COP(=O)(O)OC[C@@H](COC(=O)CCCCCCCCC(C)C)OC(=O)CCCCCCCCCCCCCCCCCC. The number of phosphoric ester groups is 2. The molecule has 0 aliphatic rings. The molecule has 19 heteroatoms. The Morgan fingerprint density at radius 2 is 0.434 bits per heavy atom. The lowest BCUT2D eigenvalue weighted by Crippen LogP contribution is -2.30. The van der Waals surface area contributed by atoms with Gasteiger partial charge in [0.1, 0.15) is 19.3 Å². The summed E-state index contributed by atoms with van der Waals surface area (Å²) in [6, 6.07) is 0. The lowest BCUT2D eigenvalue weighted by atomic mass is 10.0. The van der Waals surface area contributed by atoms with Gasteiger partial charge in [0.15, 0.2) is 12.2 Å². The Bertz CT molecular complexity index is 2010. The summed E-state index contributed by atoms with van der Waals surface area (Å²) in [4.78, 5) is 73.2. The summed E-state index contributed by atoms with van der Waals surface area (Å²) >= 11 is 0. The van der Waals surface area contributed by atoms with Crippen molar-refractivity contribution in [3.8, 4) is 0 Å². The zero-order valence-electron chi connectivity index (χ0n) is 69.6. The first-order valence-electron chi connectivity index (χ1n) is 45.1. The molecule has 17 nitrogen and oxygen atoms in total. The highest BCUT2D eigenvalue weighted by atomic mass is 31.2. The van der Waals surface area contributed by atoms with Crippen molar-refractivity contribution in [2.75, 3.05) is 39.6 Å². The number of esters is 4. The molecule has 3 N–H and O–H groups in total. The van der Waals surface area contributed by atoms with E-state index < -0.39 is 97.5 Å². The van der Waals surface area contributed by atoms with Crippen molar-refractivity contribution < 1.29 is 80.2 Å². The van der Waals surface area contributed by atoms with Crippen LogP contribution >= 0.6 is 15.6 Å². The molecule has 0 saturated carbocycles. The third kappa shape index (κ3) is 80.1. The van der Waals surface area contributed by atoms with Crippen molar-refractivity contribution in [3.63, 3.8) is 0 Å². The summed E-state index contributed by atoms with van der Waals surface area (Å²) < 4.78 is 68.9. The van der Waals surface area contributed by atoms with E-state index in [1.165, 1.54) is 289 Å². The Kier molecular flexibility index (Phi) is 78.2. The van der Waals surface area contributed by atoms with E-state index in [4.69, 9.17) is 37.0 Å². The molecule has 0 fully saturated rings. The minimum atomic E-state index is -4.97. The van der Waals surface area contributed by atoms with Crippen LogP contribution in [0.4, 0.5) is 0 Å². The maximum atomic E-state index is 13.2. The number of hydrogen-bond donors (Lipinski definition) is 3. The molecule has 0 aromatic carbocycles.